The summed E-state index contributed by atoms with van der Waals surface area (Å²) in [5.74, 6) is 0.917. The number of methoxy groups -OCH3 is 1. The van der Waals surface area contributed by atoms with E-state index >= 15 is 0 Å². The van der Waals surface area contributed by atoms with Crippen molar-refractivity contribution in [2.45, 2.75) is 32.1 Å². The summed E-state index contributed by atoms with van der Waals surface area (Å²) < 4.78 is 5.27. The summed E-state index contributed by atoms with van der Waals surface area (Å²) in [7, 11) is 1.65. The van der Waals surface area contributed by atoms with Gasteiger partial charge in [0.05, 0.1) is 7.11 Å². The number of likely N-dealkylation sites (tertiary alicyclic amines) is 1. The summed E-state index contributed by atoms with van der Waals surface area (Å²) in [4.78, 5) is 30.0. The maximum atomic E-state index is 12.4. The Balaban J connectivity index is 1.41. The maximum Gasteiger partial charge on any atom is 0.224 e. The van der Waals surface area contributed by atoms with Crippen molar-refractivity contribution in [2.24, 2.45) is 0 Å². The molecule has 2 amide bonds. The smallest absolute Gasteiger partial charge is 0.224 e. The molecule has 0 unspecified atom stereocenters. The molecule has 1 aliphatic rings. The van der Waals surface area contributed by atoms with Gasteiger partial charge in [-0.05, 0) is 60.7 Å². The van der Waals surface area contributed by atoms with E-state index in [0.29, 0.717) is 25.8 Å². The highest BCUT2D eigenvalue weighted by Crippen LogP contribution is 2.32. The van der Waals surface area contributed by atoms with Gasteiger partial charge in [0.15, 0.2) is 0 Å². The van der Waals surface area contributed by atoms with Gasteiger partial charge in [-0.2, -0.15) is 0 Å². The summed E-state index contributed by atoms with van der Waals surface area (Å²) in [6.07, 6.45) is 3.54. The molecule has 6 heteroatoms. The molecule has 4 rings (SSSR count). The standard InChI is InChI=1S/C25H29N3O3/c1-31-19-10-8-18(9-11-19)25-21(20-6-2-3-7-22(20)27-25)12-13-23(29)26-15-14-24(30)28-16-4-5-17-28/h2-3,6-11,27H,4-5,12-17H2,1H3,(H,26,29). The highest BCUT2D eigenvalue weighted by molar-refractivity contribution is 5.91. The van der Waals surface area contributed by atoms with E-state index in [1.807, 2.05) is 41.3 Å². The number of fused-ring (bicyclic) bond motifs is 1. The molecule has 2 aromatic carbocycles. The van der Waals surface area contributed by atoms with Gasteiger partial charge in [-0.25, -0.2) is 0 Å². The van der Waals surface area contributed by atoms with Crippen LogP contribution in [0.25, 0.3) is 22.2 Å². The second kappa shape index (κ2) is 9.69. The average molecular weight is 420 g/mol. The minimum Gasteiger partial charge on any atom is -0.497 e. The number of hydrogen-bond donors (Lipinski definition) is 2. The average Bonchev–Trinajstić information content (AvgIpc) is 3.46. The van der Waals surface area contributed by atoms with Gasteiger partial charge in [0.2, 0.25) is 11.8 Å². The molecular formula is C25H29N3O3. The van der Waals surface area contributed by atoms with Crippen molar-refractivity contribution in [1.29, 1.82) is 0 Å². The molecule has 0 bridgehead atoms. The topological polar surface area (TPSA) is 74.4 Å². The van der Waals surface area contributed by atoms with Crippen LogP contribution in [0.2, 0.25) is 0 Å². The first-order valence-corrected chi connectivity index (χ1v) is 10.9. The predicted molar refractivity (Wildman–Crippen MR) is 122 cm³/mol. The molecule has 1 fully saturated rings. The molecule has 0 radical (unpaired) electrons. The SMILES string of the molecule is COc1ccc(-c2[nH]c3ccccc3c2CCC(=O)NCCC(=O)N2CCCC2)cc1. The maximum absolute atomic E-state index is 12.4. The Hall–Kier alpha value is -3.28. The number of nitrogens with one attached hydrogen (secondary N) is 2. The van der Waals surface area contributed by atoms with Gasteiger partial charge in [0, 0.05) is 49.1 Å². The second-order valence-corrected chi connectivity index (χ2v) is 7.94. The molecule has 0 aliphatic carbocycles. The number of amides is 2. The number of nitrogens with zero attached hydrogens (tertiary/aromatic N) is 1. The fourth-order valence-corrected chi connectivity index (χ4v) is 4.22. The summed E-state index contributed by atoms with van der Waals surface area (Å²) in [5, 5.41) is 4.04. The lowest BCUT2D eigenvalue weighted by Crippen LogP contribution is -2.32. The highest BCUT2D eigenvalue weighted by atomic mass is 16.5. The molecule has 162 valence electrons. The van der Waals surface area contributed by atoms with Crippen molar-refractivity contribution in [3.05, 3.63) is 54.1 Å². The number of carbonyl (C=O) groups excluding carboxylic acids is 2. The first-order chi connectivity index (χ1) is 15.2. The Bertz CT molecular complexity index is 1050. The van der Waals surface area contributed by atoms with E-state index in [-0.39, 0.29) is 11.8 Å². The summed E-state index contributed by atoms with van der Waals surface area (Å²) in [6, 6.07) is 16.1. The van der Waals surface area contributed by atoms with Crippen LogP contribution in [0.3, 0.4) is 0 Å². The second-order valence-electron chi connectivity index (χ2n) is 7.94. The first kappa shape index (κ1) is 21.0. The van der Waals surface area contributed by atoms with E-state index in [0.717, 1.165) is 59.4 Å². The molecule has 0 spiro atoms. The molecular weight excluding hydrogens is 390 g/mol. The lowest BCUT2D eigenvalue weighted by atomic mass is 10.0. The number of carbonyl (C=O) groups is 2. The fraction of sp³-hybridized carbons (Fsp3) is 0.360. The molecule has 6 nitrogen and oxygen atoms in total. The van der Waals surface area contributed by atoms with Crippen molar-refractivity contribution in [1.82, 2.24) is 15.2 Å². The fourth-order valence-electron chi connectivity index (χ4n) is 4.22. The van der Waals surface area contributed by atoms with Crippen LogP contribution in [0.5, 0.6) is 5.75 Å². The third kappa shape index (κ3) is 4.90. The molecule has 2 heterocycles. The van der Waals surface area contributed by atoms with E-state index in [2.05, 4.69) is 22.4 Å². The van der Waals surface area contributed by atoms with E-state index in [4.69, 9.17) is 4.74 Å². The highest BCUT2D eigenvalue weighted by Gasteiger charge is 2.18. The number of aromatic amines is 1. The quantitative estimate of drug-likeness (QED) is 0.581. The monoisotopic (exact) mass is 419 g/mol. The number of rotatable bonds is 8. The number of aromatic nitrogens is 1. The molecule has 0 atom stereocenters. The number of benzene rings is 2. The minimum atomic E-state index is -0.0276. The summed E-state index contributed by atoms with van der Waals surface area (Å²) in [6.45, 7) is 2.09. The zero-order valence-corrected chi connectivity index (χ0v) is 17.9. The largest absolute Gasteiger partial charge is 0.497 e. The van der Waals surface area contributed by atoms with Crippen molar-refractivity contribution in [3.8, 4) is 17.0 Å². The van der Waals surface area contributed by atoms with Crippen molar-refractivity contribution in [3.63, 3.8) is 0 Å². The van der Waals surface area contributed by atoms with Crippen LogP contribution in [-0.4, -0.2) is 48.4 Å². The van der Waals surface area contributed by atoms with Gasteiger partial charge in [-0.1, -0.05) is 18.2 Å². The van der Waals surface area contributed by atoms with E-state index in [9.17, 15) is 9.59 Å². The van der Waals surface area contributed by atoms with Crippen molar-refractivity contribution in [2.75, 3.05) is 26.7 Å². The Kier molecular flexibility index (Phi) is 6.55. The van der Waals surface area contributed by atoms with Crippen LogP contribution in [0.4, 0.5) is 0 Å². The molecule has 1 saturated heterocycles. The van der Waals surface area contributed by atoms with Crippen LogP contribution < -0.4 is 10.1 Å². The van der Waals surface area contributed by atoms with Gasteiger partial charge in [-0.3, -0.25) is 9.59 Å². The van der Waals surface area contributed by atoms with E-state index in [1.54, 1.807) is 7.11 Å². The van der Waals surface area contributed by atoms with Gasteiger partial charge in [0.1, 0.15) is 5.75 Å². The third-order valence-corrected chi connectivity index (χ3v) is 5.91. The lowest BCUT2D eigenvalue weighted by molar-refractivity contribution is -0.130. The Morgan fingerprint density at radius 2 is 1.77 bits per heavy atom. The van der Waals surface area contributed by atoms with E-state index in [1.165, 1.54) is 0 Å². The van der Waals surface area contributed by atoms with Crippen LogP contribution in [0.1, 0.15) is 31.2 Å². The van der Waals surface area contributed by atoms with Crippen LogP contribution in [0.15, 0.2) is 48.5 Å². The van der Waals surface area contributed by atoms with Gasteiger partial charge < -0.3 is 19.9 Å². The van der Waals surface area contributed by atoms with Crippen molar-refractivity contribution >= 4 is 22.7 Å². The number of ether oxygens (including phenoxy) is 1. The normalized spacial score (nSPS) is 13.5. The van der Waals surface area contributed by atoms with Gasteiger partial charge >= 0.3 is 0 Å². The lowest BCUT2D eigenvalue weighted by Gasteiger charge is -2.15. The predicted octanol–water partition coefficient (Wildman–Crippen LogP) is 3.90. The molecule has 3 aromatic rings. The summed E-state index contributed by atoms with van der Waals surface area (Å²) in [5.41, 5.74) is 4.27. The third-order valence-electron chi connectivity index (χ3n) is 5.91. The van der Waals surface area contributed by atoms with Gasteiger partial charge in [-0.15, -0.1) is 0 Å². The zero-order chi connectivity index (χ0) is 21.6. The van der Waals surface area contributed by atoms with Crippen LogP contribution >= 0.6 is 0 Å². The summed E-state index contributed by atoms with van der Waals surface area (Å²) >= 11 is 0. The molecule has 1 aromatic heterocycles. The Labute approximate surface area is 182 Å². The molecule has 2 N–H and O–H groups in total. The van der Waals surface area contributed by atoms with Crippen LogP contribution in [0, 0.1) is 0 Å². The van der Waals surface area contributed by atoms with Crippen molar-refractivity contribution < 1.29 is 14.3 Å². The molecule has 0 saturated carbocycles. The number of H-pyrrole nitrogens is 1. The Morgan fingerprint density at radius 1 is 1.03 bits per heavy atom. The number of aryl methyl sites for hydroxylation is 1. The number of hydrogen-bond acceptors (Lipinski definition) is 3. The molecule has 1 aliphatic heterocycles. The first-order valence-electron chi connectivity index (χ1n) is 10.9. The molecule has 31 heavy (non-hydrogen) atoms. The Morgan fingerprint density at radius 3 is 2.52 bits per heavy atom. The zero-order valence-electron chi connectivity index (χ0n) is 17.9. The van der Waals surface area contributed by atoms with Gasteiger partial charge in [0.25, 0.3) is 0 Å². The number of para-hydroxylation sites is 1. The van der Waals surface area contributed by atoms with E-state index < -0.39 is 0 Å². The minimum absolute atomic E-state index is 0.0276. The van der Waals surface area contributed by atoms with Crippen LogP contribution in [-0.2, 0) is 16.0 Å².